The molecule has 2 rings (SSSR count). The van der Waals surface area contributed by atoms with E-state index >= 15 is 0 Å². The highest BCUT2D eigenvalue weighted by atomic mass is 19.1. The van der Waals surface area contributed by atoms with E-state index in [0.717, 1.165) is 6.42 Å². The highest BCUT2D eigenvalue weighted by molar-refractivity contribution is 5.75. The molecular formula is C20H24FNO3. The van der Waals surface area contributed by atoms with Gasteiger partial charge in [0.1, 0.15) is 5.82 Å². The Morgan fingerprint density at radius 3 is 2.68 bits per heavy atom. The van der Waals surface area contributed by atoms with Crippen LogP contribution in [0, 0.1) is 5.82 Å². The van der Waals surface area contributed by atoms with Crippen molar-refractivity contribution in [1.82, 2.24) is 5.32 Å². The molecule has 1 unspecified atom stereocenters. The molecule has 1 atom stereocenters. The van der Waals surface area contributed by atoms with Crippen LogP contribution in [0.4, 0.5) is 4.39 Å². The number of aliphatic hydroxyl groups excluding tert-OH is 1. The molecule has 0 heterocycles. The summed E-state index contributed by atoms with van der Waals surface area (Å²) in [6.45, 7) is 1.22. The lowest BCUT2D eigenvalue weighted by Gasteiger charge is -2.12. The number of amides is 1. The van der Waals surface area contributed by atoms with E-state index in [4.69, 9.17) is 4.74 Å². The number of rotatable bonds is 10. The van der Waals surface area contributed by atoms with Crippen LogP contribution in [0.1, 0.15) is 30.1 Å². The van der Waals surface area contributed by atoms with Crippen molar-refractivity contribution in [2.45, 2.75) is 25.4 Å². The van der Waals surface area contributed by atoms with Crippen molar-refractivity contribution in [3.63, 3.8) is 0 Å². The van der Waals surface area contributed by atoms with E-state index in [1.165, 1.54) is 23.8 Å². The second-order valence-corrected chi connectivity index (χ2v) is 5.83. The van der Waals surface area contributed by atoms with Gasteiger partial charge in [0, 0.05) is 19.6 Å². The lowest BCUT2D eigenvalue weighted by Crippen LogP contribution is -2.28. The molecule has 2 N–H and O–H groups in total. The molecule has 0 spiro atoms. The average molecular weight is 345 g/mol. The Morgan fingerprint density at radius 2 is 1.92 bits per heavy atom. The number of benzene rings is 2. The van der Waals surface area contributed by atoms with Gasteiger partial charge in [-0.1, -0.05) is 42.5 Å². The van der Waals surface area contributed by atoms with Crippen molar-refractivity contribution in [3.05, 3.63) is 71.5 Å². The van der Waals surface area contributed by atoms with E-state index in [0.29, 0.717) is 31.6 Å². The van der Waals surface area contributed by atoms with Crippen LogP contribution >= 0.6 is 0 Å². The summed E-state index contributed by atoms with van der Waals surface area (Å²) in [5.74, 6) is -0.558. The van der Waals surface area contributed by atoms with Crippen LogP contribution in [0.5, 0.6) is 0 Å². The van der Waals surface area contributed by atoms with Gasteiger partial charge in [-0.15, -0.1) is 0 Å². The highest BCUT2D eigenvalue weighted by Gasteiger charge is 2.10. The van der Waals surface area contributed by atoms with Crippen LogP contribution in [0.3, 0.4) is 0 Å². The largest absolute Gasteiger partial charge is 0.387 e. The third kappa shape index (κ3) is 7.45. The molecule has 5 heteroatoms. The zero-order chi connectivity index (χ0) is 17.9. The molecule has 134 valence electrons. The molecule has 1 amide bonds. The molecule has 4 nitrogen and oxygen atoms in total. The summed E-state index contributed by atoms with van der Waals surface area (Å²) in [5.41, 5.74) is 1.68. The maximum absolute atomic E-state index is 13.1. The summed E-state index contributed by atoms with van der Waals surface area (Å²) in [5, 5.41) is 12.6. The molecule has 0 radical (unpaired) electrons. The Labute approximate surface area is 147 Å². The van der Waals surface area contributed by atoms with E-state index in [9.17, 15) is 14.3 Å². The van der Waals surface area contributed by atoms with E-state index in [-0.39, 0.29) is 12.5 Å². The number of aliphatic hydroxyl groups is 1. The summed E-state index contributed by atoms with van der Waals surface area (Å²) in [6.07, 6.45) is 0.895. The molecular weight excluding hydrogens is 321 g/mol. The predicted octanol–water partition coefficient (Wildman–Crippen LogP) is 3.01. The maximum Gasteiger partial charge on any atom is 0.220 e. The van der Waals surface area contributed by atoms with Gasteiger partial charge in [-0.3, -0.25) is 4.79 Å². The minimum absolute atomic E-state index is 0.0666. The third-order valence-electron chi connectivity index (χ3n) is 3.80. The van der Waals surface area contributed by atoms with Gasteiger partial charge in [0.25, 0.3) is 0 Å². The van der Waals surface area contributed by atoms with Crippen molar-refractivity contribution in [2.24, 2.45) is 0 Å². The van der Waals surface area contributed by atoms with Crippen LogP contribution in [-0.4, -0.2) is 30.8 Å². The molecule has 0 aliphatic carbocycles. The topological polar surface area (TPSA) is 58.6 Å². The molecule has 0 aromatic heterocycles. The van der Waals surface area contributed by atoms with Crippen LogP contribution in [0.2, 0.25) is 0 Å². The fourth-order valence-corrected chi connectivity index (χ4v) is 2.40. The van der Waals surface area contributed by atoms with Gasteiger partial charge >= 0.3 is 0 Å². The number of nitrogens with one attached hydrogen (secondary N) is 1. The lowest BCUT2D eigenvalue weighted by atomic mass is 10.1. The zero-order valence-corrected chi connectivity index (χ0v) is 14.2. The Morgan fingerprint density at radius 1 is 1.12 bits per heavy atom. The van der Waals surface area contributed by atoms with Crippen LogP contribution in [0.25, 0.3) is 0 Å². The molecule has 2 aromatic carbocycles. The van der Waals surface area contributed by atoms with Crippen molar-refractivity contribution in [1.29, 1.82) is 0 Å². The standard InChI is InChI=1S/C20H24FNO3/c21-18-9-4-8-17(14-18)19(23)15-22-20(24)10-5-12-25-13-11-16-6-2-1-3-7-16/h1-4,6-9,14,19,23H,5,10-13,15H2,(H,22,24). The van der Waals surface area contributed by atoms with E-state index in [1.54, 1.807) is 6.07 Å². The first kappa shape index (κ1) is 19.1. The quantitative estimate of drug-likeness (QED) is 0.651. The zero-order valence-electron chi connectivity index (χ0n) is 14.2. The van der Waals surface area contributed by atoms with Gasteiger partial charge in [0.15, 0.2) is 0 Å². The molecule has 0 saturated heterocycles. The first-order chi connectivity index (χ1) is 12.1. The Bertz CT molecular complexity index is 648. The van der Waals surface area contributed by atoms with Crippen LogP contribution in [0.15, 0.2) is 54.6 Å². The minimum Gasteiger partial charge on any atom is -0.387 e. The third-order valence-corrected chi connectivity index (χ3v) is 3.80. The van der Waals surface area contributed by atoms with Crippen LogP contribution in [-0.2, 0) is 16.0 Å². The molecule has 25 heavy (non-hydrogen) atoms. The molecule has 0 fully saturated rings. The number of carbonyl (C=O) groups excluding carboxylic acids is 1. The van der Waals surface area contributed by atoms with E-state index in [2.05, 4.69) is 17.4 Å². The monoisotopic (exact) mass is 345 g/mol. The fraction of sp³-hybridized carbons (Fsp3) is 0.350. The summed E-state index contributed by atoms with van der Waals surface area (Å²) >= 11 is 0. The summed E-state index contributed by atoms with van der Waals surface area (Å²) in [7, 11) is 0. The first-order valence-corrected chi connectivity index (χ1v) is 8.47. The van der Waals surface area contributed by atoms with Gasteiger partial charge in [-0.05, 0) is 36.1 Å². The summed E-state index contributed by atoms with van der Waals surface area (Å²) < 4.78 is 18.6. The summed E-state index contributed by atoms with van der Waals surface area (Å²) in [4.78, 5) is 11.7. The normalized spacial score (nSPS) is 11.9. The summed E-state index contributed by atoms with van der Waals surface area (Å²) in [6, 6.07) is 15.8. The minimum atomic E-state index is -0.915. The number of ether oxygens (including phenoxy) is 1. The lowest BCUT2D eigenvalue weighted by molar-refractivity contribution is -0.121. The molecule has 0 saturated carbocycles. The van der Waals surface area contributed by atoms with Crippen molar-refractivity contribution < 1.29 is 19.0 Å². The van der Waals surface area contributed by atoms with Gasteiger partial charge < -0.3 is 15.2 Å². The molecule has 2 aromatic rings. The molecule has 0 aliphatic rings. The van der Waals surface area contributed by atoms with Crippen molar-refractivity contribution >= 4 is 5.91 Å². The van der Waals surface area contributed by atoms with Gasteiger partial charge in [-0.25, -0.2) is 4.39 Å². The SMILES string of the molecule is O=C(CCCOCCc1ccccc1)NCC(O)c1cccc(F)c1. The van der Waals surface area contributed by atoms with E-state index in [1.807, 2.05) is 18.2 Å². The number of hydrogen-bond acceptors (Lipinski definition) is 3. The molecule has 0 bridgehead atoms. The highest BCUT2D eigenvalue weighted by Crippen LogP contribution is 2.13. The Balaban J connectivity index is 1.53. The van der Waals surface area contributed by atoms with Crippen molar-refractivity contribution in [2.75, 3.05) is 19.8 Å². The first-order valence-electron chi connectivity index (χ1n) is 8.47. The Kier molecular flexibility index (Phi) is 8.09. The second kappa shape index (κ2) is 10.6. The van der Waals surface area contributed by atoms with Crippen molar-refractivity contribution in [3.8, 4) is 0 Å². The van der Waals surface area contributed by atoms with Gasteiger partial charge in [0.05, 0.1) is 12.7 Å². The average Bonchev–Trinajstić information content (AvgIpc) is 2.63. The number of halogens is 1. The molecule has 0 aliphatic heterocycles. The van der Waals surface area contributed by atoms with Crippen LogP contribution < -0.4 is 5.32 Å². The van der Waals surface area contributed by atoms with E-state index < -0.39 is 11.9 Å². The predicted molar refractivity (Wildman–Crippen MR) is 94.6 cm³/mol. The van der Waals surface area contributed by atoms with Gasteiger partial charge in [0.2, 0.25) is 5.91 Å². The number of carbonyl (C=O) groups is 1. The Hall–Kier alpha value is -2.24. The second-order valence-electron chi connectivity index (χ2n) is 5.83. The fourth-order valence-electron chi connectivity index (χ4n) is 2.40. The smallest absolute Gasteiger partial charge is 0.220 e. The number of hydrogen-bond donors (Lipinski definition) is 2. The maximum atomic E-state index is 13.1. The van der Waals surface area contributed by atoms with Gasteiger partial charge in [-0.2, -0.15) is 0 Å².